The maximum atomic E-state index is 3.68. The highest BCUT2D eigenvalue weighted by molar-refractivity contribution is 4.93. The minimum absolute atomic E-state index is 0.606. The largest absolute Gasteiger partial charge is 0.316 e. The van der Waals surface area contributed by atoms with Gasteiger partial charge < -0.3 is 16.0 Å². The first-order valence-corrected chi connectivity index (χ1v) is 8.82. The Morgan fingerprint density at radius 1 is 1.05 bits per heavy atom. The molecule has 0 heterocycles. The topological polar surface area (TPSA) is 36.1 Å². The van der Waals surface area contributed by atoms with Gasteiger partial charge in [0.05, 0.1) is 0 Å². The van der Waals surface area contributed by atoms with E-state index in [1.54, 1.807) is 0 Å². The third-order valence-corrected chi connectivity index (χ3v) is 4.66. The van der Waals surface area contributed by atoms with Gasteiger partial charge >= 0.3 is 0 Å². The van der Waals surface area contributed by atoms with E-state index in [-0.39, 0.29) is 0 Å². The summed E-state index contributed by atoms with van der Waals surface area (Å²) in [5.74, 6) is 2.85. The predicted molar refractivity (Wildman–Crippen MR) is 87.0 cm³/mol. The van der Waals surface area contributed by atoms with Gasteiger partial charge in [0.25, 0.3) is 0 Å². The van der Waals surface area contributed by atoms with Crippen LogP contribution in [0.1, 0.15) is 52.9 Å². The van der Waals surface area contributed by atoms with E-state index in [0.29, 0.717) is 6.04 Å². The van der Waals surface area contributed by atoms with Gasteiger partial charge in [0, 0.05) is 25.2 Å². The Morgan fingerprint density at radius 3 is 2.55 bits per heavy atom. The molecule has 2 rings (SSSR count). The van der Waals surface area contributed by atoms with Crippen molar-refractivity contribution >= 4 is 0 Å². The molecule has 0 aromatic carbocycles. The van der Waals surface area contributed by atoms with Crippen LogP contribution in [0, 0.1) is 17.8 Å². The Kier molecular flexibility index (Phi) is 6.79. The third kappa shape index (κ3) is 7.05. The molecular formula is C17H35N3. The van der Waals surface area contributed by atoms with Gasteiger partial charge in [-0.1, -0.05) is 20.8 Å². The monoisotopic (exact) mass is 281 g/mol. The predicted octanol–water partition coefficient (Wildman–Crippen LogP) is 2.38. The molecule has 0 amide bonds. The van der Waals surface area contributed by atoms with Gasteiger partial charge in [-0.2, -0.15) is 0 Å². The molecule has 118 valence electrons. The number of rotatable bonds is 12. The SMILES string of the molecule is CC(C)NCCNC1CC1C[C@@H](C)CCNCC1CC1. The summed E-state index contributed by atoms with van der Waals surface area (Å²) in [4.78, 5) is 0. The second-order valence-corrected chi connectivity index (χ2v) is 7.44. The quantitative estimate of drug-likeness (QED) is 0.481. The normalized spacial score (nSPS) is 27.0. The summed E-state index contributed by atoms with van der Waals surface area (Å²) in [6.07, 6.45) is 7.10. The first kappa shape index (κ1) is 16.3. The number of hydrogen-bond acceptors (Lipinski definition) is 3. The Hall–Kier alpha value is -0.120. The smallest absolute Gasteiger partial charge is 0.00997 e. The van der Waals surface area contributed by atoms with Crippen LogP contribution < -0.4 is 16.0 Å². The van der Waals surface area contributed by atoms with Gasteiger partial charge in [0.15, 0.2) is 0 Å². The second kappa shape index (κ2) is 8.35. The van der Waals surface area contributed by atoms with Gasteiger partial charge in [-0.25, -0.2) is 0 Å². The van der Waals surface area contributed by atoms with Crippen LogP contribution in [0.25, 0.3) is 0 Å². The lowest BCUT2D eigenvalue weighted by Gasteiger charge is -2.12. The summed E-state index contributed by atoms with van der Waals surface area (Å²) in [5, 5.41) is 10.8. The molecule has 0 spiro atoms. The van der Waals surface area contributed by atoms with E-state index in [0.717, 1.165) is 36.9 Å². The van der Waals surface area contributed by atoms with Gasteiger partial charge in [-0.05, 0) is 62.9 Å². The van der Waals surface area contributed by atoms with Crippen molar-refractivity contribution < 1.29 is 0 Å². The summed E-state index contributed by atoms with van der Waals surface area (Å²) < 4.78 is 0. The van der Waals surface area contributed by atoms with Crippen molar-refractivity contribution in [2.45, 2.75) is 65.0 Å². The van der Waals surface area contributed by atoms with Gasteiger partial charge in [-0.3, -0.25) is 0 Å². The molecular weight excluding hydrogens is 246 g/mol. The van der Waals surface area contributed by atoms with E-state index in [9.17, 15) is 0 Å². The van der Waals surface area contributed by atoms with E-state index in [2.05, 4.69) is 36.7 Å². The third-order valence-electron chi connectivity index (χ3n) is 4.66. The molecule has 3 nitrogen and oxygen atoms in total. The molecule has 2 aliphatic rings. The molecule has 2 unspecified atom stereocenters. The molecule has 0 bridgehead atoms. The molecule has 0 saturated heterocycles. The lowest BCUT2D eigenvalue weighted by Crippen LogP contribution is -2.33. The zero-order valence-corrected chi connectivity index (χ0v) is 13.8. The average molecular weight is 281 g/mol. The van der Waals surface area contributed by atoms with Crippen LogP contribution in [0.3, 0.4) is 0 Å². The number of nitrogens with one attached hydrogen (secondary N) is 3. The summed E-state index contributed by atoms with van der Waals surface area (Å²) in [7, 11) is 0. The van der Waals surface area contributed by atoms with E-state index in [4.69, 9.17) is 0 Å². The van der Waals surface area contributed by atoms with Crippen molar-refractivity contribution in [1.82, 2.24) is 16.0 Å². The summed E-state index contributed by atoms with van der Waals surface area (Å²) >= 11 is 0. The molecule has 0 aliphatic heterocycles. The van der Waals surface area contributed by atoms with E-state index >= 15 is 0 Å². The van der Waals surface area contributed by atoms with E-state index < -0.39 is 0 Å². The molecule has 2 fully saturated rings. The van der Waals surface area contributed by atoms with Crippen molar-refractivity contribution in [3.63, 3.8) is 0 Å². The van der Waals surface area contributed by atoms with Crippen LogP contribution in [0.5, 0.6) is 0 Å². The Morgan fingerprint density at radius 2 is 1.85 bits per heavy atom. The van der Waals surface area contributed by atoms with E-state index in [1.807, 2.05) is 0 Å². The highest BCUT2D eigenvalue weighted by Crippen LogP contribution is 2.36. The standard InChI is InChI=1S/C17H35N3/c1-13(2)19-8-9-20-17-11-16(17)10-14(3)6-7-18-12-15-4-5-15/h13-20H,4-12H2,1-3H3/t14-,16?,17?/m0/s1. The maximum Gasteiger partial charge on any atom is 0.00997 e. The maximum absolute atomic E-state index is 3.68. The molecule has 2 saturated carbocycles. The summed E-state index contributed by atoms with van der Waals surface area (Å²) in [6, 6.07) is 1.42. The van der Waals surface area contributed by atoms with Crippen LogP contribution in [-0.2, 0) is 0 Å². The minimum atomic E-state index is 0.606. The van der Waals surface area contributed by atoms with Crippen molar-refractivity contribution in [2.75, 3.05) is 26.2 Å². The van der Waals surface area contributed by atoms with Crippen molar-refractivity contribution in [3.05, 3.63) is 0 Å². The first-order chi connectivity index (χ1) is 9.65. The molecule has 3 heteroatoms. The average Bonchev–Trinajstić information content (AvgIpc) is 3.28. The fraction of sp³-hybridized carbons (Fsp3) is 1.00. The fourth-order valence-corrected chi connectivity index (χ4v) is 2.99. The Labute approximate surface area is 125 Å². The Bertz CT molecular complexity index is 263. The minimum Gasteiger partial charge on any atom is -0.316 e. The molecule has 0 aromatic heterocycles. The zero-order valence-electron chi connectivity index (χ0n) is 13.8. The van der Waals surface area contributed by atoms with Gasteiger partial charge in [-0.15, -0.1) is 0 Å². The first-order valence-electron chi connectivity index (χ1n) is 8.82. The van der Waals surface area contributed by atoms with Crippen molar-refractivity contribution in [3.8, 4) is 0 Å². The van der Waals surface area contributed by atoms with Gasteiger partial charge in [0.2, 0.25) is 0 Å². The van der Waals surface area contributed by atoms with Crippen LogP contribution in [0.4, 0.5) is 0 Å². The molecule has 3 atom stereocenters. The molecule has 0 radical (unpaired) electrons. The molecule has 2 aliphatic carbocycles. The lowest BCUT2D eigenvalue weighted by atomic mass is 10.0. The fourth-order valence-electron chi connectivity index (χ4n) is 2.99. The molecule has 20 heavy (non-hydrogen) atoms. The second-order valence-electron chi connectivity index (χ2n) is 7.44. The van der Waals surface area contributed by atoms with Crippen molar-refractivity contribution in [2.24, 2.45) is 17.8 Å². The Balaban J connectivity index is 1.39. The van der Waals surface area contributed by atoms with Crippen LogP contribution in [-0.4, -0.2) is 38.3 Å². The highest BCUT2D eigenvalue weighted by Gasteiger charge is 2.36. The lowest BCUT2D eigenvalue weighted by molar-refractivity contribution is 0.430. The highest BCUT2D eigenvalue weighted by atomic mass is 15.0. The summed E-state index contributed by atoms with van der Waals surface area (Å²) in [6.45, 7) is 11.6. The van der Waals surface area contributed by atoms with E-state index in [1.165, 1.54) is 45.2 Å². The zero-order chi connectivity index (χ0) is 14.4. The molecule has 3 N–H and O–H groups in total. The van der Waals surface area contributed by atoms with Crippen LogP contribution in [0.15, 0.2) is 0 Å². The molecule has 0 aromatic rings. The van der Waals surface area contributed by atoms with Gasteiger partial charge in [0.1, 0.15) is 0 Å². The van der Waals surface area contributed by atoms with Crippen molar-refractivity contribution in [1.29, 1.82) is 0 Å². The van der Waals surface area contributed by atoms with Crippen LogP contribution >= 0.6 is 0 Å². The van der Waals surface area contributed by atoms with Crippen LogP contribution in [0.2, 0.25) is 0 Å². The number of hydrogen-bond donors (Lipinski definition) is 3. The summed E-state index contributed by atoms with van der Waals surface area (Å²) in [5.41, 5.74) is 0.